The molecule has 0 saturated carbocycles. The molecule has 0 amide bonds. The fraction of sp³-hybridized carbons (Fsp3) is 0.417. The molecule has 0 aliphatic carbocycles. The summed E-state index contributed by atoms with van der Waals surface area (Å²) in [7, 11) is 0. The Labute approximate surface area is 187 Å². The largest absolute Gasteiger partial charge is 0.378 e. The quantitative estimate of drug-likeness (QED) is 0.557. The molecule has 0 radical (unpaired) electrons. The number of benzene rings is 1. The van der Waals surface area contributed by atoms with Gasteiger partial charge in [0.05, 0.1) is 30.7 Å². The van der Waals surface area contributed by atoms with Gasteiger partial charge in [0.2, 0.25) is 0 Å². The van der Waals surface area contributed by atoms with Gasteiger partial charge in [-0.2, -0.15) is 5.10 Å². The molecule has 3 heterocycles. The fourth-order valence-electron chi connectivity index (χ4n) is 3.94. The number of aliphatic hydroxyl groups is 1. The molecule has 2 N–H and O–H groups in total. The molecule has 0 fully saturated rings. The van der Waals surface area contributed by atoms with E-state index < -0.39 is 6.10 Å². The molecule has 1 aromatic carbocycles. The molecular weight excluding hydrogens is 407 g/mol. The van der Waals surface area contributed by atoms with Crippen molar-refractivity contribution in [3.63, 3.8) is 0 Å². The van der Waals surface area contributed by atoms with E-state index in [-0.39, 0.29) is 12.4 Å². The van der Waals surface area contributed by atoms with Gasteiger partial charge in [0, 0.05) is 24.8 Å². The summed E-state index contributed by atoms with van der Waals surface area (Å²) in [4.78, 5) is 13.1. The van der Waals surface area contributed by atoms with Gasteiger partial charge in [-0.25, -0.2) is 9.37 Å². The first-order valence-corrected chi connectivity index (χ1v) is 11.1. The molecule has 1 aliphatic heterocycles. The van der Waals surface area contributed by atoms with Gasteiger partial charge in [-0.05, 0) is 37.6 Å². The van der Waals surface area contributed by atoms with E-state index in [4.69, 9.17) is 4.98 Å². The SMILES string of the molecule is CCCN1Cc2[nH]c(-c3cnn(CC(O)C#Cc4cccc(F)c4)c3)nc2N(CCC)C1. The van der Waals surface area contributed by atoms with Crippen LogP contribution < -0.4 is 4.90 Å². The van der Waals surface area contributed by atoms with E-state index in [1.165, 1.54) is 12.1 Å². The van der Waals surface area contributed by atoms with Crippen molar-refractivity contribution in [2.24, 2.45) is 0 Å². The highest BCUT2D eigenvalue weighted by Crippen LogP contribution is 2.29. The van der Waals surface area contributed by atoms with Crippen LogP contribution in [-0.4, -0.2) is 55.6 Å². The number of anilines is 1. The number of nitrogens with one attached hydrogen (secondary N) is 1. The fourth-order valence-corrected chi connectivity index (χ4v) is 3.94. The summed E-state index contributed by atoms with van der Waals surface area (Å²) in [5, 5.41) is 14.6. The lowest BCUT2D eigenvalue weighted by molar-refractivity contribution is 0.205. The molecule has 2 aromatic heterocycles. The van der Waals surface area contributed by atoms with Gasteiger partial charge in [0.15, 0.2) is 5.82 Å². The number of rotatable bonds is 7. The monoisotopic (exact) mass is 436 g/mol. The lowest BCUT2D eigenvalue weighted by atomic mass is 10.2. The van der Waals surface area contributed by atoms with Crippen molar-refractivity contribution in [1.82, 2.24) is 24.6 Å². The number of halogens is 1. The number of fused-ring (bicyclic) bond motifs is 1. The van der Waals surface area contributed by atoms with Gasteiger partial charge in [-0.15, -0.1) is 0 Å². The Kier molecular flexibility index (Phi) is 6.88. The van der Waals surface area contributed by atoms with Crippen LogP contribution in [-0.2, 0) is 13.1 Å². The summed E-state index contributed by atoms with van der Waals surface area (Å²) >= 11 is 0. The van der Waals surface area contributed by atoms with Gasteiger partial charge in [-0.3, -0.25) is 9.58 Å². The third-order valence-corrected chi connectivity index (χ3v) is 5.32. The highest BCUT2D eigenvalue weighted by molar-refractivity contribution is 5.60. The second kappa shape index (κ2) is 9.98. The molecule has 1 unspecified atom stereocenters. The average Bonchev–Trinajstić information content (AvgIpc) is 3.40. The summed E-state index contributed by atoms with van der Waals surface area (Å²) in [5.74, 6) is 6.99. The Balaban J connectivity index is 1.46. The second-order valence-electron chi connectivity index (χ2n) is 8.09. The van der Waals surface area contributed by atoms with Crippen molar-refractivity contribution in [3.8, 4) is 23.2 Å². The van der Waals surface area contributed by atoms with Crippen molar-refractivity contribution >= 4 is 5.82 Å². The first-order chi connectivity index (χ1) is 15.6. The molecule has 32 heavy (non-hydrogen) atoms. The summed E-state index contributed by atoms with van der Waals surface area (Å²) in [6.45, 7) is 8.37. The number of hydrogen-bond donors (Lipinski definition) is 2. The predicted octanol–water partition coefficient (Wildman–Crippen LogP) is 3.22. The molecule has 168 valence electrons. The normalized spacial score (nSPS) is 14.7. The van der Waals surface area contributed by atoms with Crippen LogP contribution in [0.3, 0.4) is 0 Å². The van der Waals surface area contributed by atoms with E-state index in [0.29, 0.717) is 5.56 Å². The van der Waals surface area contributed by atoms with Crippen LogP contribution in [0.1, 0.15) is 37.9 Å². The van der Waals surface area contributed by atoms with Crippen molar-refractivity contribution in [2.75, 3.05) is 24.7 Å². The van der Waals surface area contributed by atoms with Crippen molar-refractivity contribution in [1.29, 1.82) is 0 Å². The number of hydrogen-bond acceptors (Lipinski definition) is 5. The standard InChI is InChI=1S/C24H29FN6O/c1-3-10-29-16-22-24(30(17-29)11-4-2)28-23(27-22)19-13-26-31(14-19)15-21(32)9-8-18-6-5-7-20(25)12-18/h5-7,12-14,21,32H,3-4,10-11,15-17H2,1-2H3,(H,27,28). The Bertz CT molecular complexity index is 1110. The van der Waals surface area contributed by atoms with Crippen molar-refractivity contribution in [2.45, 2.75) is 45.9 Å². The van der Waals surface area contributed by atoms with Crippen LogP contribution in [0.15, 0.2) is 36.7 Å². The first-order valence-electron chi connectivity index (χ1n) is 11.1. The van der Waals surface area contributed by atoms with Crippen LogP contribution in [0.2, 0.25) is 0 Å². The zero-order valence-corrected chi connectivity index (χ0v) is 18.6. The Morgan fingerprint density at radius 3 is 2.88 bits per heavy atom. The minimum atomic E-state index is -0.918. The van der Waals surface area contributed by atoms with E-state index in [2.05, 4.69) is 45.6 Å². The topological polar surface area (TPSA) is 73.2 Å². The zero-order valence-electron chi connectivity index (χ0n) is 18.6. The van der Waals surface area contributed by atoms with Gasteiger partial charge < -0.3 is 15.0 Å². The molecule has 0 saturated heterocycles. The number of aliphatic hydroxyl groups excluding tert-OH is 1. The third kappa shape index (κ3) is 5.18. The second-order valence-corrected chi connectivity index (χ2v) is 8.09. The summed E-state index contributed by atoms with van der Waals surface area (Å²) < 4.78 is 14.9. The number of aromatic nitrogens is 4. The van der Waals surface area contributed by atoms with E-state index >= 15 is 0 Å². The van der Waals surface area contributed by atoms with Crippen LogP contribution in [0.5, 0.6) is 0 Å². The molecular formula is C24H29FN6O. The maximum atomic E-state index is 13.3. The van der Waals surface area contributed by atoms with Crippen LogP contribution in [0, 0.1) is 17.7 Å². The molecule has 1 atom stereocenters. The van der Waals surface area contributed by atoms with Gasteiger partial charge >= 0.3 is 0 Å². The van der Waals surface area contributed by atoms with Crippen LogP contribution in [0.25, 0.3) is 11.4 Å². The average molecular weight is 437 g/mol. The number of aromatic amines is 1. The molecule has 4 rings (SSSR count). The summed E-state index contributed by atoms with van der Waals surface area (Å²) in [6.07, 6.45) is 4.86. The number of nitrogens with zero attached hydrogens (tertiary/aromatic N) is 5. The van der Waals surface area contributed by atoms with Crippen LogP contribution >= 0.6 is 0 Å². The summed E-state index contributed by atoms with van der Waals surface area (Å²) in [6, 6.07) is 6.00. The van der Waals surface area contributed by atoms with Crippen LogP contribution in [0.4, 0.5) is 10.2 Å². The third-order valence-electron chi connectivity index (χ3n) is 5.32. The van der Waals surface area contributed by atoms with Gasteiger partial charge in [0.25, 0.3) is 0 Å². The lowest BCUT2D eigenvalue weighted by Crippen LogP contribution is -2.43. The molecule has 1 aliphatic rings. The molecule has 7 nitrogen and oxygen atoms in total. The predicted molar refractivity (Wildman–Crippen MR) is 122 cm³/mol. The van der Waals surface area contributed by atoms with Gasteiger partial charge in [-0.1, -0.05) is 31.8 Å². The number of imidazole rings is 1. The molecule has 0 bridgehead atoms. The van der Waals surface area contributed by atoms with Gasteiger partial charge in [0.1, 0.15) is 17.7 Å². The Morgan fingerprint density at radius 2 is 2.09 bits per heavy atom. The summed E-state index contributed by atoms with van der Waals surface area (Å²) in [5.41, 5.74) is 2.52. The van der Waals surface area contributed by atoms with Crippen molar-refractivity contribution in [3.05, 3.63) is 53.7 Å². The maximum absolute atomic E-state index is 13.3. The highest BCUT2D eigenvalue weighted by atomic mass is 19.1. The lowest BCUT2D eigenvalue weighted by Gasteiger charge is -2.35. The molecule has 8 heteroatoms. The smallest absolute Gasteiger partial charge is 0.152 e. The number of H-pyrrole nitrogens is 1. The highest BCUT2D eigenvalue weighted by Gasteiger charge is 2.26. The van der Waals surface area contributed by atoms with E-state index in [0.717, 1.165) is 62.0 Å². The van der Waals surface area contributed by atoms with E-state index in [1.54, 1.807) is 23.0 Å². The maximum Gasteiger partial charge on any atom is 0.152 e. The minimum absolute atomic E-state index is 0.217. The zero-order chi connectivity index (χ0) is 22.5. The Hall–Kier alpha value is -3.15. The van der Waals surface area contributed by atoms with E-state index in [1.807, 2.05) is 6.20 Å². The molecule has 0 spiro atoms. The minimum Gasteiger partial charge on any atom is -0.378 e. The van der Waals surface area contributed by atoms with Crippen molar-refractivity contribution < 1.29 is 9.50 Å². The first kappa shape index (κ1) is 22.1. The molecule has 3 aromatic rings. The van der Waals surface area contributed by atoms with E-state index in [9.17, 15) is 9.50 Å². The Morgan fingerprint density at radius 1 is 1.25 bits per heavy atom.